The first-order chi connectivity index (χ1) is 19.1. The zero-order chi connectivity index (χ0) is 28.6. The minimum atomic E-state index is -1.45. The van der Waals surface area contributed by atoms with Gasteiger partial charge >= 0.3 is 12.0 Å². The summed E-state index contributed by atoms with van der Waals surface area (Å²) in [5, 5.41) is 31.9. The van der Waals surface area contributed by atoms with E-state index in [4.69, 9.17) is 23.2 Å². The predicted molar refractivity (Wildman–Crippen MR) is 145 cm³/mol. The second-order valence-corrected chi connectivity index (χ2v) is 10.6. The fourth-order valence-corrected chi connectivity index (χ4v) is 5.71. The third kappa shape index (κ3) is 5.55. The Morgan fingerprint density at radius 2 is 1.95 bits per heavy atom. The van der Waals surface area contributed by atoms with E-state index in [2.05, 4.69) is 20.8 Å². The van der Waals surface area contributed by atoms with Crippen LogP contribution in [-0.2, 0) is 17.8 Å². The lowest BCUT2D eigenvalue weighted by Gasteiger charge is -2.30. The van der Waals surface area contributed by atoms with Crippen molar-refractivity contribution < 1.29 is 29.4 Å². The maximum Gasteiger partial charge on any atom is 0.328 e. The summed E-state index contributed by atoms with van der Waals surface area (Å²) in [7, 11) is 0. The number of aliphatic carboxylic acids is 1. The fraction of sp³-hybridized carbons (Fsp3) is 0.346. The van der Waals surface area contributed by atoms with E-state index in [0.717, 1.165) is 10.9 Å². The molecular formula is C26H26Cl2N6O6. The number of β-amino-alcohol motifs (C(OH)–C–C–N with tert-alkyl or cyclic N) is 1. The lowest BCUT2D eigenvalue weighted by atomic mass is 9.96. The van der Waals surface area contributed by atoms with Gasteiger partial charge in [0.15, 0.2) is 0 Å². The van der Waals surface area contributed by atoms with Crippen molar-refractivity contribution in [2.75, 3.05) is 26.2 Å². The molecule has 1 fully saturated rings. The number of nitrogens with one attached hydrogen (secondary N) is 3. The van der Waals surface area contributed by atoms with Crippen LogP contribution in [0.1, 0.15) is 38.3 Å². The third-order valence-electron chi connectivity index (χ3n) is 7.12. The van der Waals surface area contributed by atoms with E-state index in [1.807, 2.05) is 6.07 Å². The van der Waals surface area contributed by atoms with E-state index in [1.54, 1.807) is 29.3 Å². The molecular weight excluding hydrogens is 563 g/mol. The van der Waals surface area contributed by atoms with Crippen molar-refractivity contribution in [1.82, 2.24) is 30.6 Å². The molecule has 12 nitrogen and oxygen atoms in total. The molecule has 0 radical (unpaired) electrons. The molecule has 2 atom stereocenters. The molecule has 0 bridgehead atoms. The number of hydrogen-bond acceptors (Lipinski definition) is 6. The molecule has 40 heavy (non-hydrogen) atoms. The van der Waals surface area contributed by atoms with Crippen LogP contribution < -0.4 is 10.6 Å². The van der Waals surface area contributed by atoms with Gasteiger partial charge in [0.2, 0.25) is 0 Å². The molecule has 4 amide bonds. The third-order valence-corrected chi connectivity index (χ3v) is 7.83. The van der Waals surface area contributed by atoms with Gasteiger partial charge in [-0.1, -0.05) is 29.3 Å². The minimum absolute atomic E-state index is 0.00802. The maximum absolute atomic E-state index is 13.2. The Kier molecular flexibility index (Phi) is 7.83. The number of fused-ring (bicyclic) bond motifs is 2. The number of aliphatic hydroxyl groups is 1. The summed E-state index contributed by atoms with van der Waals surface area (Å²) in [5.74, 6) is -2.34. The topological polar surface area (TPSA) is 168 Å². The van der Waals surface area contributed by atoms with Crippen LogP contribution in [0, 0.1) is 0 Å². The van der Waals surface area contributed by atoms with Gasteiger partial charge < -0.3 is 30.6 Å². The van der Waals surface area contributed by atoms with Crippen molar-refractivity contribution in [2.45, 2.75) is 31.5 Å². The highest BCUT2D eigenvalue weighted by Crippen LogP contribution is 2.35. The van der Waals surface area contributed by atoms with E-state index in [1.165, 1.54) is 4.90 Å². The number of carbonyl (C=O) groups excluding carboxylic acids is 3. The Labute approximate surface area is 238 Å². The van der Waals surface area contributed by atoms with E-state index in [-0.39, 0.29) is 41.2 Å². The first-order valence-corrected chi connectivity index (χ1v) is 13.3. The molecule has 1 saturated heterocycles. The summed E-state index contributed by atoms with van der Waals surface area (Å²) in [6.45, 7) is 0.697. The molecule has 2 aromatic carbocycles. The van der Waals surface area contributed by atoms with Gasteiger partial charge in [0.1, 0.15) is 6.04 Å². The number of nitrogens with zero attached hydrogens (tertiary/aromatic N) is 3. The minimum Gasteiger partial charge on any atom is -0.480 e. The monoisotopic (exact) mass is 588 g/mol. The number of rotatable bonds is 6. The van der Waals surface area contributed by atoms with Gasteiger partial charge in [0, 0.05) is 37.1 Å². The molecule has 3 heterocycles. The van der Waals surface area contributed by atoms with Crippen molar-refractivity contribution in [1.29, 1.82) is 0 Å². The Bertz CT molecular complexity index is 1510. The molecule has 5 N–H and O–H groups in total. The number of urea groups is 1. The Morgan fingerprint density at radius 3 is 2.67 bits per heavy atom. The number of carboxylic acid groups (broad SMARTS) is 1. The molecule has 210 valence electrons. The van der Waals surface area contributed by atoms with Crippen LogP contribution in [0.4, 0.5) is 4.79 Å². The summed E-state index contributed by atoms with van der Waals surface area (Å²) < 4.78 is 0. The highest BCUT2D eigenvalue weighted by Gasteiger charge is 2.31. The quantitative estimate of drug-likeness (QED) is 0.293. The van der Waals surface area contributed by atoms with Crippen LogP contribution in [0.25, 0.3) is 10.9 Å². The average Bonchev–Trinajstić information content (AvgIpc) is 3.58. The summed E-state index contributed by atoms with van der Waals surface area (Å²) in [5.41, 5.74) is 2.51. The molecule has 2 aliphatic heterocycles. The van der Waals surface area contributed by atoms with Crippen molar-refractivity contribution >= 4 is 57.9 Å². The summed E-state index contributed by atoms with van der Waals surface area (Å²) in [4.78, 5) is 53.4. The number of carbonyl (C=O) groups is 4. The average molecular weight is 589 g/mol. The van der Waals surface area contributed by atoms with Crippen LogP contribution in [0.5, 0.6) is 0 Å². The Morgan fingerprint density at radius 1 is 1.15 bits per heavy atom. The summed E-state index contributed by atoms with van der Waals surface area (Å²) in [6, 6.07) is 4.86. The van der Waals surface area contributed by atoms with Gasteiger partial charge in [0.05, 0.1) is 40.0 Å². The number of amides is 4. The number of hydrogen-bond donors (Lipinski definition) is 5. The maximum atomic E-state index is 13.2. The second kappa shape index (κ2) is 11.3. The Balaban J connectivity index is 1.27. The molecule has 2 aliphatic rings. The van der Waals surface area contributed by atoms with E-state index >= 15 is 0 Å². The molecule has 0 aliphatic carbocycles. The number of aliphatic hydroxyl groups excluding tert-OH is 1. The van der Waals surface area contributed by atoms with Gasteiger partial charge in [-0.15, -0.1) is 0 Å². The largest absolute Gasteiger partial charge is 0.480 e. The van der Waals surface area contributed by atoms with Gasteiger partial charge in [0.25, 0.3) is 11.8 Å². The fourth-order valence-electron chi connectivity index (χ4n) is 4.94. The lowest BCUT2D eigenvalue weighted by molar-refractivity contribution is -0.139. The van der Waals surface area contributed by atoms with E-state index < -0.39 is 30.1 Å². The number of benzene rings is 2. The highest BCUT2D eigenvalue weighted by atomic mass is 35.5. The number of halogens is 2. The van der Waals surface area contributed by atoms with Gasteiger partial charge in [-0.3, -0.25) is 14.7 Å². The lowest BCUT2D eigenvalue weighted by Crippen LogP contribution is -2.50. The van der Waals surface area contributed by atoms with E-state index in [0.29, 0.717) is 42.6 Å². The molecule has 14 heteroatoms. The van der Waals surface area contributed by atoms with Crippen molar-refractivity contribution in [3.63, 3.8) is 0 Å². The van der Waals surface area contributed by atoms with Gasteiger partial charge in [-0.25, -0.2) is 9.59 Å². The standard InChI is InChI=1S/C26H26Cl2N6O6/c27-18-7-15-11-33(24(37)13-1-2-14-9-30-32-19(14)8-13)6-4-17(15)22(28)21(18)23(36)31-20(25(38)39)10-29-26(40)34-5-3-16(35)12-34/h1-2,7-9,16,20,35H,3-6,10-12H2,(H,29,40)(H,30,32)(H,31,36)(H,38,39)/t16-,20-/m0/s1. The smallest absolute Gasteiger partial charge is 0.328 e. The van der Waals surface area contributed by atoms with Gasteiger partial charge in [-0.05, 0) is 42.2 Å². The number of H-pyrrole nitrogens is 1. The van der Waals surface area contributed by atoms with Crippen LogP contribution in [0.3, 0.4) is 0 Å². The first-order valence-electron chi connectivity index (χ1n) is 12.6. The molecule has 0 unspecified atom stereocenters. The summed E-state index contributed by atoms with van der Waals surface area (Å²) >= 11 is 13.0. The molecule has 5 rings (SSSR count). The molecule has 1 aromatic heterocycles. The van der Waals surface area contributed by atoms with E-state index in [9.17, 15) is 29.4 Å². The van der Waals surface area contributed by atoms with Crippen LogP contribution in [0.15, 0.2) is 30.5 Å². The van der Waals surface area contributed by atoms with Gasteiger partial charge in [-0.2, -0.15) is 5.10 Å². The second-order valence-electron chi connectivity index (χ2n) is 9.77. The summed E-state index contributed by atoms with van der Waals surface area (Å²) in [6.07, 6.45) is 1.86. The molecule has 0 spiro atoms. The predicted octanol–water partition coefficient (Wildman–Crippen LogP) is 2.03. The Hall–Kier alpha value is -3.87. The van der Waals surface area contributed by atoms with Crippen LogP contribution in [0.2, 0.25) is 10.0 Å². The normalized spacial score (nSPS) is 17.4. The zero-order valence-corrected chi connectivity index (χ0v) is 22.6. The molecule has 0 saturated carbocycles. The van der Waals surface area contributed by atoms with Crippen LogP contribution >= 0.6 is 23.2 Å². The van der Waals surface area contributed by atoms with Crippen molar-refractivity contribution in [3.8, 4) is 0 Å². The number of carboxylic acids is 1. The SMILES string of the molecule is O=C(N[C@@H](CNC(=O)N1CC[C@H](O)C1)C(=O)O)c1c(Cl)cc2c(c1Cl)CCN(C(=O)c1ccc3cn[nH]c3c1)C2. The molecule has 3 aromatic rings. The van der Waals surface area contributed by atoms with Crippen molar-refractivity contribution in [2.24, 2.45) is 0 Å². The zero-order valence-electron chi connectivity index (χ0n) is 21.1. The highest BCUT2D eigenvalue weighted by molar-refractivity contribution is 6.40. The van der Waals surface area contributed by atoms with Crippen LogP contribution in [-0.4, -0.2) is 92.3 Å². The number of aromatic amines is 1. The number of aromatic nitrogens is 2. The first kappa shape index (κ1) is 27.7. The number of likely N-dealkylation sites (tertiary alicyclic amines) is 1. The van der Waals surface area contributed by atoms with Crippen molar-refractivity contribution in [3.05, 3.63) is 62.8 Å².